The summed E-state index contributed by atoms with van der Waals surface area (Å²) in [6.07, 6.45) is 6.31. The van der Waals surface area contributed by atoms with E-state index in [1.165, 1.54) is 11.3 Å². The summed E-state index contributed by atoms with van der Waals surface area (Å²) >= 11 is 1.24. The van der Waals surface area contributed by atoms with Crippen molar-refractivity contribution >= 4 is 33.9 Å². The van der Waals surface area contributed by atoms with Gasteiger partial charge in [-0.25, -0.2) is 4.98 Å². The zero-order valence-corrected chi connectivity index (χ0v) is 12.5. The number of carbonyl (C=O) groups excluding carboxylic acids is 1. The third kappa shape index (κ3) is 3.74. The van der Waals surface area contributed by atoms with Crippen molar-refractivity contribution in [1.29, 1.82) is 0 Å². The normalized spacial score (nSPS) is 9.90. The molecule has 0 saturated carbocycles. The molecule has 1 amide bonds. The zero-order valence-electron chi connectivity index (χ0n) is 11.6. The molecule has 0 fully saturated rings. The monoisotopic (exact) mass is 300 g/mol. The second-order valence-corrected chi connectivity index (χ2v) is 5.34. The number of aromatic nitrogens is 1. The van der Waals surface area contributed by atoms with Gasteiger partial charge >= 0.3 is 0 Å². The first-order valence-electron chi connectivity index (χ1n) is 6.52. The van der Waals surface area contributed by atoms with Gasteiger partial charge in [-0.1, -0.05) is 30.2 Å². The number of amides is 1. The zero-order chi connectivity index (χ0) is 15.2. The number of anilines is 3. The molecular formula is C15H16N4OS. The molecule has 0 bridgehead atoms. The van der Waals surface area contributed by atoms with Gasteiger partial charge in [-0.3, -0.25) is 4.79 Å². The molecule has 0 spiro atoms. The molecule has 6 heteroatoms. The van der Waals surface area contributed by atoms with Gasteiger partial charge in [0.2, 0.25) is 0 Å². The van der Waals surface area contributed by atoms with E-state index in [0.29, 0.717) is 21.3 Å². The molecule has 21 heavy (non-hydrogen) atoms. The number of nitrogens with two attached hydrogens (primary N) is 1. The molecule has 4 N–H and O–H groups in total. The number of hydrogen-bond acceptors (Lipinski definition) is 5. The number of carbonyl (C=O) groups is 1. The van der Waals surface area contributed by atoms with Crippen LogP contribution in [0, 0.1) is 12.3 Å². The summed E-state index contributed by atoms with van der Waals surface area (Å²) in [5, 5.41) is 6.53. The Morgan fingerprint density at radius 1 is 1.52 bits per heavy atom. The van der Waals surface area contributed by atoms with E-state index in [-0.39, 0.29) is 11.7 Å². The smallest absolute Gasteiger partial charge is 0.269 e. The van der Waals surface area contributed by atoms with Gasteiger partial charge in [-0.2, -0.15) is 0 Å². The molecule has 108 valence electrons. The molecular weight excluding hydrogens is 284 g/mol. The standard InChI is InChI=1S/C15H16N4OS/c1-3-8-17-15-19-13(16)12(21-15)14(20)18-11-7-5-6-10(4-2)9-11/h2,5-7,9H,3,8,16H2,1H3,(H,17,19)(H,18,20). The summed E-state index contributed by atoms with van der Waals surface area (Å²) in [6, 6.07) is 7.08. The van der Waals surface area contributed by atoms with Crippen molar-refractivity contribution < 1.29 is 4.79 Å². The number of hydrogen-bond donors (Lipinski definition) is 3. The van der Waals surface area contributed by atoms with Gasteiger partial charge in [-0.15, -0.1) is 6.42 Å². The predicted octanol–water partition coefficient (Wildman–Crippen LogP) is 2.78. The largest absolute Gasteiger partial charge is 0.382 e. The summed E-state index contributed by atoms with van der Waals surface area (Å²) in [4.78, 5) is 16.7. The van der Waals surface area contributed by atoms with Crippen LogP contribution in [0.15, 0.2) is 24.3 Å². The van der Waals surface area contributed by atoms with Crippen molar-refractivity contribution in [3.63, 3.8) is 0 Å². The summed E-state index contributed by atoms with van der Waals surface area (Å²) < 4.78 is 0. The van der Waals surface area contributed by atoms with Gasteiger partial charge in [0.05, 0.1) is 0 Å². The van der Waals surface area contributed by atoms with Crippen molar-refractivity contribution in [2.45, 2.75) is 13.3 Å². The minimum atomic E-state index is -0.288. The highest BCUT2D eigenvalue weighted by molar-refractivity contribution is 7.18. The van der Waals surface area contributed by atoms with Crippen LogP contribution in [0.3, 0.4) is 0 Å². The molecule has 0 aliphatic rings. The maximum atomic E-state index is 12.2. The van der Waals surface area contributed by atoms with E-state index in [9.17, 15) is 4.79 Å². The minimum Gasteiger partial charge on any atom is -0.382 e. The molecule has 5 nitrogen and oxygen atoms in total. The highest BCUT2D eigenvalue weighted by Gasteiger charge is 2.16. The maximum Gasteiger partial charge on any atom is 0.269 e. The average Bonchev–Trinajstić information content (AvgIpc) is 2.86. The number of benzene rings is 1. The first-order valence-corrected chi connectivity index (χ1v) is 7.34. The average molecular weight is 300 g/mol. The van der Waals surface area contributed by atoms with Crippen molar-refractivity contribution in [3.8, 4) is 12.3 Å². The van der Waals surface area contributed by atoms with E-state index >= 15 is 0 Å². The lowest BCUT2D eigenvalue weighted by Crippen LogP contribution is -2.12. The van der Waals surface area contributed by atoms with Crippen molar-refractivity contribution in [3.05, 3.63) is 34.7 Å². The van der Waals surface area contributed by atoms with E-state index in [1.807, 2.05) is 0 Å². The van der Waals surface area contributed by atoms with Crippen LogP contribution in [0.5, 0.6) is 0 Å². The Balaban J connectivity index is 2.13. The van der Waals surface area contributed by atoms with Crippen LogP contribution in [0.4, 0.5) is 16.6 Å². The Bertz CT molecular complexity index is 687. The van der Waals surface area contributed by atoms with Crippen LogP contribution in [-0.2, 0) is 0 Å². The molecule has 0 aliphatic heterocycles. The lowest BCUT2D eigenvalue weighted by molar-refractivity contribution is 0.103. The van der Waals surface area contributed by atoms with Crippen LogP contribution in [0.2, 0.25) is 0 Å². The molecule has 2 aromatic rings. The van der Waals surface area contributed by atoms with E-state index < -0.39 is 0 Å². The fourth-order valence-corrected chi connectivity index (χ4v) is 2.48. The molecule has 0 unspecified atom stereocenters. The predicted molar refractivity (Wildman–Crippen MR) is 87.6 cm³/mol. The Hall–Kier alpha value is -2.52. The minimum absolute atomic E-state index is 0.226. The Morgan fingerprint density at radius 2 is 2.33 bits per heavy atom. The lowest BCUT2D eigenvalue weighted by Gasteiger charge is -2.04. The highest BCUT2D eigenvalue weighted by Crippen LogP contribution is 2.26. The lowest BCUT2D eigenvalue weighted by atomic mass is 10.2. The quantitative estimate of drug-likeness (QED) is 0.742. The van der Waals surface area contributed by atoms with E-state index in [0.717, 1.165) is 13.0 Å². The number of nitrogens with zero attached hydrogens (tertiary/aromatic N) is 1. The van der Waals surface area contributed by atoms with Gasteiger partial charge < -0.3 is 16.4 Å². The Kier molecular flexibility index (Phi) is 4.80. The molecule has 1 aromatic carbocycles. The van der Waals surface area contributed by atoms with Crippen LogP contribution in [0.25, 0.3) is 0 Å². The third-order valence-corrected chi connectivity index (χ3v) is 3.70. The van der Waals surface area contributed by atoms with Gasteiger partial charge in [-0.05, 0) is 24.6 Å². The summed E-state index contributed by atoms with van der Waals surface area (Å²) in [5.74, 6) is 2.46. The van der Waals surface area contributed by atoms with Crippen molar-refractivity contribution in [2.24, 2.45) is 0 Å². The number of rotatable bonds is 5. The highest BCUT2D eigenvalue weighted by atomic mass is 32.1. The molecule has 0 saturated heterocycles. The van der Waals surface area contributed by atoms with Gasteiger partial charge in [0.25, 0.3) is 5.91 Å². The Labute approximate surface area is 127 Å². The third-order valence-electron chi connectivity index (χ3n) is 2.67. The second-order valence-electron chi connectivity index (χ2n) is 4.34. The fourth-order valence-electron chi connectivity index (χ4n) is 1.68. The van der Waals surface area contributed by atoms with E-state index in [1.54, 1.807) is 24.3 Å². The van der Waals surface area contributed by atoms with Gasteiger partial charge in [0.15, 0.2) is 5.13 Å². The van der Waals surface area contributed by atoms with E-state index in [2.05, 4.69) is 28.5 Å². The molecule has 0 aliphatic carbocycles. The number of nitrogen functional groups attached to an aromatic ring is 1. The molecule has 0 radical (unpaired) electrons. The second kappa shape index (κ2) is 6.77. The molecule has 1 aromatic heterocycles. The SMILES string of the molecule is C#Cc1cccc(NC(=O)c2sc(NCCC)nc2N)c1. The van der Waals surface area contributed by atoms with Crippen LogP contribution >= 0.6 is 11.3 Å². The van der Waals surface area contributed by atoms with E-state index in [4.69, 9.17) is 12.2 Å². The molecule has 2 rings (SSSR count). The number of nitrogens with one attached hydrogen (secondary N) is 2. The van der Waals surface area contributed by atoms with Crippen LogP contribution < -0.4 is 16.4 Å². The van der Waals surface area contributed by atoms with Crippen LogP contribution in [0.1, 0.15) is 28.6 Å². The first-order chi connectivity index (χ1) is 10.1. The van der Waals surface area contributed by atoms with Crippen molar-refractivity contribution in [1.82, 2.24) is 4.98 Å². The first kappa shape index (κ1) is 14.9. The number of thiazole rings is 1. The molecule has 1 heterocycles. The maximum absolute atomic E-state index is 12.2. The summed E-state index contributed by atoms with van der Waals surface area (Å²) in [7, 11) is 0. The summed E-state index contributed by atoms with van der Waals surface area (Å²) in [6.45, 7) is 2.84. The fraction of sp³-hybridized carbons (Fsp3) is 0.200. The number of terminal acetylenes is 1. The Morgan fingerprint density at radius 3 is 3.05 bits per heavy atom. The summed E-state index contributed by atoms with van der Waals surface area (Å²) in [5.41, 5.74) is 7.12. The van der Waals surface area contributed by atoms with Crippen molar-refractivity contribution in [2.75, 3.05) is 22.9 Å². The molecule has 0 atom stereocenters. The van der Waals surface area contributed by atoms with Gasteiger partial charge in [0, 0.05) is 17.8 Å². The topological polar surface area (TPSA) is 80.0 Å². The van der Waals surface area contributed by atoms with Crippen LogP contribution in [-0.4, -0.2) is 17.4 Å². The van der Waals surface area contributed by atoms with Gasteiger partial charge in [0.1, 0.15) is 10.7 Å².